The van der Waals surface area contributed by atoms with Gasteiger partial charge in [0.05, 0.1) is 12.7 Å². The number of carbonyl (C=O) groups excluding carboxylic acids is 1. The summed E-state index contributed by atoms with van der Waals surface area (Å²) in [5.41, 5.74) is 0. The Labute approximate surface area is 107 Å². The summed E-state index contributed by atoms with van der Waals surface area (Å²) < 4.78 is 9.41. The highest BCUT2D eigenvalue weighted by atomic mass is 17.0. The zero-order valence-corrected chi connectivity index (χ0v) is 11.2. The molecule has 8 heteroatoms. The first-order valence-electron chi connectivity index (χ1n) is 5.77. The predicted octanol–water partition coefficient (Wildman–Crippen LogP) is 0.855. The fourth-order valence-electron chi connectivity index (χ4n) is 1.04. The summed E-state index contributed by atoms with van der Waals surface area (Å²) in [6.45, 7) is 6.76. The lowest BCUT2D eigenvalue weighted by Crippen LogP contribution is -2.42. The van der Waals surface area contributed by atoms with E-state index in [4.69, 9.17) is 19.4 Å². The molecule has 0 aromatic rings. The van der Waals surface area contributed by atoms with E-state index in [0.29, 0.717) is 6.54 Å². The standard InChI is InChI=1S/C10H21N2O6/c1-5-11(6-7-13)12(15)18-9(4)17-10(14)16-8(2)3/h8-9,13H,5-7H2,1-4H3/q-1. The monoisotopic (exact) mass is 265 g/mol. The van der Waals surface area contributed by atoms with E-state index in [1.807, 2.05) is 0 Å². The van der Waals surface area contributed by atoms with Crippen LogP contribution in [0.1, 0.15) is 27.7 Å². The van der Waals surface area contributed by atoms with Crippen molar-refractivity contribution in [2.45, 2.75) is 40.1 Å². The second-order valence-electron chi connectivity index (χ2n) is 3.72. The van der Waals surface area contributed by atoms with Crippen LogP contribution in [-0.4, -0.2) is 53.7 Å². The van der Waals surface area contributed by atoms with E-state index >= 15 is 0 Å². The third-order valence-electron chi connectivity index (χ3n) is 1.79. The lowest BCUT2D eigenvalue weighted by atomic mass is 10.5. The van der Waals surface area contributed by atoms with Crippen LogP contribution in [0, 0.1) is 5.21 Å². The highest BCUT2D eigenvalue weighted by molar-refractivity contribution is 5.60. The summed E-state index contributed by atoms with van der Waals surface area (Å²) >= 11 is 0. The fourth-order valence-corrected chi connectivity index (χ4v) is 1.04. The summed E-state index contributed by atoms with van der Waals surface area (Å²) in [5, 5.41) is 21.6. The van der Waals surface area contributed by atoms with E-state index in [9.17, 15) is 10.0 Å². The van der Waals surface area contributed by atoms with Crippen molar-refractivity contribution >= 4 is 6.16 Å². The largest absolute Gasteiger partial charge is 0.748 e. The molecule has 0 heterocycles. The molecule has 0 radical (unpaired) electrons. The second-order valence-corrected chi connectivity index (χ2v) is 3.72. The first-order chi connectivity index (χ1) is 8.40. The summed E-state index contributed by atoms with van der Waals surface area (Å²) in [4.78, 5) is 15.9. The third-order valence-corrected chi connectivity index (χ3v) is 1.79. The Morgan fingerprint density at radius 1 is 1.33 bits per heavy atom. The van der Waals surface area contributed by atoms with Crippen molar-refractivity contribution in [3.05, 3.63) is 5.21 Å². The highest BCUT2D eigenvalue weighted by Crippen LogP contribution is 2.04. The number of likely N-dealkylation sites (N-methyl/N-ethyl adjacent to an activating group) is 1. The predicted molar refractivity (Wildman–Crippen MR) is 62.8 cm³/mol. The quantitative estimate of drug-likeness (QED) is 0.392. The van der Waals surface area contributed by atoms with Crippen molar-refractivity contribution in [1.82, 2.24) is 10.3 Å². The van der Waals surface area contributed by atoms with Crippen LogP contribution in [0.4, 0.5) is 4.79 Å². The lowest BCUT2D eigenvalue weighted by Gasteiger charge is -2.38. The van der Waals surface area contributed by atoms with Gasteiger partial charge in [0.1, 0.15) is 0 Å². The fraction of sp³-hybridized carbons (Fsp3) is 0.900. The summed E-state index contributed by atoms with van der Waals surface area (Å²) in [5.74, 6) is 0. The third kappa shape index (κ3) is 7.41. The van der Waals surface area contributed by atoms with Crippen molar-refractivity contribution in [3.8, 4) is 0 Å². The average Bonchev–Trinajstić information content (AvgIpc) is 2.23. The summed E-state index contributed by atoms with van der Waals surface area (Å²) in [6, 6.07) is 0. The minimum absolute atomic E-state index is 0.128. The molecule has 0 aliphatic carbocycles. The maximum absolute atomic E-state index is 11.5. The molecule has 0 aliphatic heterocycles. The number of aliphatic hydroxyl groups excluding tert-OH is 1. The van der Waals surface area contributed by atoms with Gasteiger partial charge in [-0.1, -0.05) is 6.92 Å². The van der Waals surface area contributed by atoms with Gasteiger partial charge < -0.3 is 19.8 Å². The van der Waals surface area contributed by atoms with Gasteiger partial charge in [0.15, 0.2) is 0 Å². The first-order valence-corrected chi connectivity index (χ1v) is 5.77. The van der Waals surface area contributed by atoms with Gasteiger partial charge in [0, 0.05) is 20.0 Å². The molecule has 0 rings (SSSR count). The molecule has 108 valence electrons. The van der Waals surface area contributed by atoms with Gasteiger partial charge in [-0.2, -0.15) is 5.34 Å². The second kappa shape index (κ2) is 9.06. The maximum atomic E-state index is 11.5. The van der Waals surface area contributed by atoms with E-state index in [1.165, 1.54) is 11.9 Å². The van der Waals surface area contributed by atoms with Crippen LogP contribution in [-0.2, 0) is 14.3 Å². The molecule has 0 saturated carbocycles. The Kier molecular flexibility index (Phi) is 8.59. The smallest absolute Gasteiger partial charge is 0.510 e. The molecule has 0 aromatic heterocycles. The van der Waals surface area contributed by atoms with Gasteiger partial charge in [-0.25, -0.2) is 9.80 Å². The average molecular weight is 265 g/mol. The first kappa shape index (κ1) is 17.1. The molecular weight excluding hydrogens is 244 g/mol. The van der Waals surface area contributed by atoms with E-state index in [2.05, 4.69) is 0 Å². The minimum Gasteiger partial charge on any atom is -0.748 e. The molecule has 0 saturated heterocycles. The molecule has 1 atom stereocenters. The number of nitrogens with zero attached hydrogens (tertiary/aromatic N) is 2. The molecule has 0 amide bonds. The number of carbonyl (C=O) groups is 1. The minimum atomic E-state index is -1.08. The number of rotatable bonds is 8. The van der Waals surface area contributed by atoms with Crippen LogP contribution in [0.3, 0.4) is 0 Å². The number of ether oxygens (including phenoxy) is 2. The van der Waals surface area contributed by atoms with Crippen molar-refractivity contribution in [2.75, 3.05) is 19.7 Å². The van der Waals surface area contributed by atoms with Crippen LogP contribution < -0.4 is 0 Å². The molecule has 0 aromatic carbocycles. The zero-order valence-electron chi connectivity index (χ0n) is 11.2. The molecule has 1 N–H and O–H groups in total. The number of hydrogen-bond acceptors (Lipinski definition) is 8. The van der Waals surface area contributed by atoms with E-state index in [-0.39, 0.29) is 24.6 Å². The van der Waals surface area contributed by atoms with Crippen LogP contribution in [0.5, 0.6) is 0 Å². The van der Waals surface area contributed by atoms with E-state index in [1.54, 1.807) is 20.8 Å². The normalized spacial score (nSPS) is 13.2. The molecule has 0 aliphatic rings. The molecule has 0 bridgehead atoms. The van der Waals surface area contributed by atoms with Crippen LogP contribution >= 0.6 is 0 Å². The summed E-state index contributed by atoms with van der Waals surface area (Å²) in [6.07, 6.45) is -2.30. The SMILES string of the molecule is CCN(CCO)N([O-])OC(C)OC(=O)OC(C)C. The number of hydrazine groups is 1. The van der Waals surface area contributed by atoms with Crippen LogP contribution in [0.2, 0.25) is 0 Å². The molecular formula is C10H21N2O6-. The van der Waals surface area contributed by atoms with Crippen molar-refractivity contribution in [1.29, 1.82) is 0 Å². The van der Waals surface area contributed by atoms with Gasteiger partial charge in [0.25, 0.3) is 0 Å². The Balaban J connectivity index is 4.05. The van der Waals surface area contributed by atoms with E-state index < -0.39 is 12.4 Å². The molecule has 0 spiro atoms. The topological polar surface area (TPSA) is 94.5 Å². The molecule has 1 unspecified atom stereocenters. The Hall–Kier alpha value is -0.930. The van der Waals surface area contributed by atoms with Gasteiger partial charge in [0.2, 0.25) is 6.29 Å². The Bertz CT molecular complexity index is 238. The zero-order chi connectivity index (χ0) is 14.1. The molecule has 8 nitrogen and oxygen atoms in total. The lowest BCUT2D eigenvalue weighted by molar-refractivity contribution is -0.317. The summed E-state index contributed by atoms with van der Waals surface area (Å²) in [7, 11) is 0. The van der Waals surface area contributed by atoms with Crippen molar-refractivity contribution < 1.29 is 24.2 Å². The van der Waals surface area contributed by atoms with Gasteiger partial charge in [-0.05, 0) is 13.8 Å². The number of hydrogen-bond donors (Lipinski definition) is 1. The van der Waals surface area contributed by atoms with Crippen LogP contribution in [0.25, 0.3) is 0 Å². The van der Waals surface area contributed by atoms with Crippen molar-refractivity contribution in [3.63, 3.8) is 0 Å². The Morgan fingerprint density at radius 3 is 2.39 bits per heavy atom. The maximum Gasteiger partial charge on any atom is 0.510 e. The highest BCUT2D eigenvalue weighted by Gasteiger charge is 2.15. The molecule has 0 fully saturated rings. The van der Waals surface area contributed by atoms with Crippen LogP contribution in [0.15, 0.2) is 0 Å². The van der Waals surface area contributed by atoms with Gasteiger partial charge in [-0.15, -0.1) is 0 Å². The van der Waals surface area contributed by atoms with Gasteiger partial charge in [-0.3, -0.25) is 4.84 Å². The molecule has 18 heavy (non-hydrogen) atoms. The van der Waals surface area contributed by atoms with Gasteiger partial charge >= 0.3 is 6.16 Å². The van der Waals surface area contributed by atoms with E-state index in [0.717, 1.165) is 0 Å². The number of aliphatic hydroxyl groups is 1. The van der Waals surface area contributed by atoms with Crippen molar-refractivity contribution in [2.24, 2.45) is 0 Å². The Morgan fingerprint density at radius 2 is 1.94 bits per heavy atom.